The highest BCUT2D eigenvalue weighted by atomic mass is 16.4. The van der Waals surface area contributed by atoms with E-state index in [4.69, 9.17) is 5.11 Å². The topological polar surface area (TPSA) is 82.5 Å². The van der Waals surface area contributed by atoms with Crippen LogP contribution in [0.1, 0.15) is 29.6 Å². The fourth-order valence-corrected chi connectivity index (χ4v) is 2.05. The number of pyridine rings is 1. The normalized spacial score (nSPS) is 14.4. The summed E-state index contributed by atoms with van der Waals surface area (Å²) < 4.78 is 0. The van der Waals surface area contributed by atoms with Gasteiger partial charge < -0.3 is 15.3 Å². The average Bonchev–Trinajstić information content (AvgIpc) is 2.93. The molecule has 102 valence electrons. The molecule has 1 saturated heterocycles. The molecule has 1 aliphatic heterocycles. The van der Waals surface area contributed by atoms with Gasteiger partial charge in [-0.25, -0.2) is 9.78 Å². The quantitative estimate of drug-likeness (QED) is 0.834. The number of carbonyl (C=O) groups is 2. The van der Waals surface area contributed by atoms with Gasteiger partial charge in [0, 0.05) is 32.3 Å². The molecular formula is C13H17N3O3. The number of nitrogens with zero attached hydrogens (tertiary/aromatic N) is 2. The van der Waals surface area contributed by atoms with Crippen LogP contribution in [0.25, 0.3) is 0 Å². The smallest absolute Gasteiger partial charge is 0.337 e. The molecule has 0 radical (unpaired) electrons. The molecule has 2 rings (SSSR count). The van der Waals surface area contributed by atoms with Gasteiger partial charge in [0.1, 0.15) is 5.82 Å². The number of carbonyl (C=O) groups excluding carboxylic acids is 1. The van der Waals surface area contributed by atoms with Crippen LogP contribution in [0.4, 0.5) is 5.82 Å². The van der Waals surface area contributed by atoms with E-state index in [9.17, 15) is 9.59 Å². The third-order valence-corrected chi connectivity index (χ3v) is 3.11. The average molecular weight is 263 g/mol. The summed E-state index contributed by atoms with van der Waals surface area (Å²) in [6.45, 7) is 2.24. The molecule has 1 aromatic heterocycles. The number of rotatable bonds is 5. The summed E-state index contributed by atoms with van der Waals surface area (Å²) >= 11 is 0. The Hall–Kier alpha value is -2.11. The molecule has 0 unspecified atom stereocenters. The second-order valence-electron chi connectivity index (χ2n) is 4.50. The van der Waals surface area contributed by atoms with Gasteiger partial charge >= 0.3 is 5.97 Å². The van der Waals surface area contributed by atoms with Gasteiger partial charge in [0.25, 0.3) is 0 Å². The van der Waals surface area contributed by atoms with E-state index in [-0.39, 0.29) is 11.5 Å². The van der Waals surface area contributed by atoms with Crippen molar-refractivity contribution < 1.29 is 14.7 Å². The van der Waals surface area contributed by atoms with Crippen molar-refractivity contribution in [2.75, 3.05) is 25.0 Å². The third-order valence-electron chi connectivity index (χ3n) is 3.11. The zero-order valence-electron chi connectivity index (χ0n) is 10.6. The van der Waals surface area contributed by atoms with Gasteiger partial charge in [0.2, 0.25) is 5.91 Å². The molecule has 2 heterocycles. The molecule has 1 aliphatic rings. The van der Waals surface area contributed by atoms with Gasteiger partial charge in [-0.1, -0.05) is 0 Å². The number of anilines is 1. The van der Waals surface area contributed by atoms with E-state index in [1.165, 1.54) is 12.3 Å². The van der Waals surface area contributed by atoms with Crippen LogP contribution in [0.15, 0.2) is 18.3 Å². The van der Waals surface area contributed by atoms with Crippen molar-refractivity contribution in [3.63, 3.8) is 0 Å². The van der Waals surface area contributed by atoms with E-state index in [0.29, 0.717) is 18.8 Å². The van der Waals surface area contributed by atoms with E-state index >= 15 is 0 Å². The monoisotopic (exact) mass is 263 g/mol. The Morgan fingerprint density at radius 2 is 2.05 bits per heavy atom. The molecule has 0 aromatic carbocycles. The summed E-state index contributed by atoms with van der Waals surface area (Å²) in [6, 6.07) is 3.09. The van der Waals surface area contributed by atoms with E-state index in [1.807, 2.05) is 4.90 Å². The summed E-state index contributed by atoms with van der Waals surface area (Å²) in [7, 11) is 0. The molecular weight excluding hydrogens is 246 g/mol. The predicted octanol–water partition coefficient (Wildman–Crippen LogP) is 1.20. The Kier molecular flexibility index (Phi) is 4.33. The first-order valence-electron chi connectivity index (χ1n) is 6.38. The number of carboxylic acid groups (broad SMARTS) is 1. The van der Waals surface area contributed by atoms with Crippen LogP contribution in [0, 0.1) is 0 Å². The molecule has 0 aliphatic carbocycles. The predicted molar refractivity (Wildman–Crippen MR) is 70.1 cm³/mol. The minimum absolute atomic E-state index is 0.152. The van der Waals surface area contributed by atoms with Crippen molar-refractivity contribution >= 4 is 17.7 Å². The SMILES string of the molecule is O=C(O)c1ccc(NCCC(=O)N2CCCC2)nc1. The lowest BCUT2D eigenvalue weighted by Gasteiger charge is -2.15. The minimum Gasteiger partial charge on any atom is -0.478 e. The van der Waals surface area contributed by atoms with Crippen molar-refractivity contribution in [3.05, 3.63) is 23.9 Å². The molecule has 2 N–H and O–H groups in total. The second kappa shape index (κ2) is 6.17. The van der Waals surface area contributed by atoms with Crippen molar-refractivity contribution in [2.24, 2.45) is 0 Å². The fraction of sp³-hybridized carbons (Fsp3) is 0.462. The highest BCUT2D eigenvalue weighted by Crippen LogP contribution is 2.09. The first kappa shape index (κ1) is 13.3. The number of aromatic nitrogens is 1. The van der Waals surface area contributed by atoms with Gasteiger partial charge in [-0.2, -0.15) is 0 Å². The van der Waals surface area contributed by atoms with Crippen LogP contribution in [0.2, 0.25) is 0 Å². The van der Waals surface area contributed by atoms with Crippen molar-refractivity contribution in [2.45, 2.75) is 19.3 Å². The Bertz CT molecular complexity index is 453. The maximum Gasteiger partial charge on any atom is 0.337 e. The van der Waals surface area contributed by atoms with Gasteiger partial charge in [0.15, 0.2) is 0 Å². The number of hydrogen-bond donors (Lipinski definition) is 2. The summed E-state index contributed by atoms with van der Waals surface area (Å²) in [5.74, 6) is -0.255. The number of aromatic carboxylic acids is 1. The molecule has 0 bridgehead atoms. The molecule has 1 aromatic rings. The standard InChI is InChI=1S/C13H17N3O3/c17-12(16-7-1-2-8-16)5-6-14-11-4-3-10(9-15-11)13(18)19/h3-4,9H,1-2,5-8H2,(H,14,15)(H,18,19). The lowest BCUT2D eigenvalue weighted by atomic mass is 10.3. The van der Waals surface area contributed by atoms with Crippen molar-refractivity contribution in [1.29, 1.82) is 0 Å². The van der Waals surface area contributed by atoms with Gasteiger partial charge in [-0.3, -0.25) is 4.79 Å². The van der Waals surface area contributed by atoms with Crippen molar-refractivity contribution in [1.82, 2.24) is 9.88 Å². The largest absolute Gasteiger partial charge is 0.478 e. The summed E-state index contributed by atoms with van der Waals surface area (Å²) in [4.78, 5) is 28.3. The van der Waals surface area contributed by atoms with E-state index in [0.717, 1.165) is 25.9 Å². The molecule has 1 fully saturated rings. The van der Waals surface area contributed by atoms with Gasteiger partial charge in [-0.15, -0.1) is 0 Å². The van der Waals surface area contributed by atoms with Crippen LogP contribution < -0.4 is 5.32 Å². The maximum absolute atomic E-state index is 11.8. The molecule has 0 spiro atoms. The highest BCUT2D eigenvalue weighted by Gasteiger charge is 2.16. The number of hydrogen-bond acceptors (Lipinski definition) is 4. The van der Waals surface area contributed by atoms with Crippen LogP contribution >= 0.6 is 0 Å². The van der Waals surface area contributed by atoms with Gasteiger partial charge in [0.05, 0.1) is 5.56 Å². The van der Waals surface area contributed by atoms with Gasteiger partial charge in [-0.05, 0) is 25.0 Å². The Morgan fingerprint density at radius 1 is 1.32 bits per heavy atom. The summed E-state index contributed by atoms with van der Waals surface area (Å²) in [6.07, 6.45) is 3.92. The summed E-state index contributed by atoms with van der Waals surface area (Å²) in [5.41, 5.74) is 0.152. The second-order valence-corrected chi connectivity index (χ2v) is 4.50. The van der Waals surface area contributed by atoms with Crippen LogP contribution in [-0.2, 0) is 4.79 Å². The molecule has 6 heteroatoms. The van der Waals surface area contributed by atoms with Crippen molar-refractivity contribution in [3.8, 4) is 0 Å². The zero-order valence-corrected chi connectivity index (χ0v) is 10.6. The lowest BCUT2D eigenvalue weighted by molar-refractivity contribution is -0.129. The number of nitrogens with one attached hydrogen (secondary N) is 1. The molecule has 6 nitrogen and oxygen atoms in total. The van der Waals surface area contributed by atoms with E-state index < -0.39 is 5.97 Å². The van der Waals surface area contributed by atoms with E-state index in [2.05, 4.69) is 10.3 Å². The lowest BCUT2D eigenvalue weighted by Crippen LogP contribution is -2.29. The first-order chi connectivity index (χ1) is 9.16. The Balaban J connectivity index is 1.75. The zero-order chi connectivity index (χ0) is 13.7. The third kappa shape index (κ3) is 3.67. The number of amides is 1. The Morgan fingerprint density at radius 3 is 2.63 bits per heavy atom. The maximum atomic E-state index is 11.8. The highest BCUT2D eigenvalue weighted by molar-refractivity contribution is 5.87. The molecule has 1 amide bonds. The summed E-state index contributed by atoms with van der Waals surface area (Å²) in [5, 5.41) is 11.7. The molecule has 19 heavy (non-hydrogen) atoms. The van der Waals surface area contributed by atoms with Crippen LogP contribution in [0.3, 0.4) is 0 Å². The Labute approximate surface area is 111 Å². The van der Waals surface area contributed by atoms with Crippen LogP contribution in [0.5, 0.6) is 0 Å². The molecule has 0 atom stereocenters. The first-order valence-corrected chi connectivity index (χ1v) is 6.38. The van der Waals surface area contributed by atoms with Crippen LogP contribution in [-0.4, -0.2) is 46.5 Å². The molecule has 0 saturated carbocycles. The fourth-order valence-electron chi connectivity index (χ4n) is 2.05. The number of likely N-dealkylation sites (tertiary alicyclic amines) is 1. The van der Waals surface area contributed by atoms with E-state index in [1.54, 1.807) is 6.07 Å². The number of carboxylic acids is 1. The minimum atomic E-state index is -0.997.